The molecule has 0 aliphatic heterocycles. The highest BCUT2D eigenvalue weighted by Crippen LogP contribution is 2.43. The fraction of sp³-hybridized carbons (Fsp3) is 0.667. The molecule has 5 nitrogen and oxygen atoms in total. The van der Waals surface area contributed by atoms with Gasteiger partial charge in [0.05, 0.1) is 5.01 Å². The van der Waals surface area contributed by atoms with Crippen molar-refractivity contribution < 1.29 is 4.79 Å². The Morgan fingerprint density at radius 1 is 1.36 bits per heavy atom. The largest absolute Gasteiger partial charge is 0.369 e. The Bertz CT molecular complexity index is 599. The first kappa shape index (κ1) is 15.6. The smallest absolute Gasteiger partial charge is 0.220 e. The van der Waals surface area contributed by atoms with Crippen molar-refractivity contribution >= 4 is 33.8 Å². The van der Waals surface area contributed by atoms with Gasteiger partial charge in [-0.3, -0.25) is 9.69 Å². The zero-order chi connectivity index (χ0) is 15.7. The maximum Gasteiger partial charge on any atom is 0.220 e. The molecule has 1 aromatic rings. The van der Waals surface area contributed by atoms with Gasteiger partial charge in [-0.2, -0.15) is 5.26 Å². The quantitative estimate of drug-likeness (QED) is 0.673. The van der Waals surface area contributed by atoms with Crippen LogP contribution in [0.4, 0.5) is 5.00 Å². The van der Waals surface area contributed by atoms with E-state index >= 15 is 0 Å². The predicted molar refractivity (Wildman–Crippen MR) is 86.7 cm³/mol. The zero-order valence-corrected chi connectivity index (χ0v) is 13.9. The van der Waals surface area contributed by atoms with Crippen LogP contribution in [0, 0.1) is 17.4 Å². The number of anilines is 1. The first-order chi connectivity index (χ1) is 10.6. The monoisotopic (exact) mass is 338 g/mol. The second-order valence-corrected chi connectivity index (χ2v) is 7.54. The molecule has 118 valence electrons. The standard InChI is InChI=1S/C15H19ClN4OS/c16-12-15(20(8-17)11-6-10(7-11)13(18)21)22-14(19-12)9-4-2-1-3-5-9/h9-11H,1-7H2,(H2,18,21). The minimum atomic E-state index is -0.285. The fourth-order valence-electron chi connectivity index (χ4n) is 3.31. The third-order valence-corrected chi connectivity index (χ3v) is 6.34. The molecule has 2 N–H and O–H groups in total. The lowest BCUT2D eigenvalue weighted by Gasteiger charge is -2.37. The number of carbonyl (C=O) groups is 1. The van der Waals surface area contributed by atoms with E-state index in [-0.39, 0.29) is 17.9 Å². The minimum Gasteiger partial charge on any atom is -0.369 e. The van der Waals surface area contributed by atoms with Crippen LogP contribution in [0.15, 0.2) is 0 Å². The van der Waals surface area contributed by atoms with Crippen LogP contribution in [0.25, 0.3) is 0 Å². The summed E-state index contributed by atoms with van der Waals surface area (Å²) >= 11 is 7.81. The molecule has 2 fully saturated rings. The summed E-state index contributed by atoms with van der Waals surface area (Å²) in [5, 5.41) is 11.6. The average molecular weight is 339 g/mol. The highest BCUT2D eigenvalue weighted by atomic mass is 35.5. The molecule has 1 heterocycles. The Labute approximate surface area is 139 Å². The number of nitrogens with zero attached hydrogens (tertiary/aromatic N) is 3. The normalized spacial score (nSPS) is 25.3. The van der Waals surface area contributed by atoms with Gasteiger partial charge in [0.1, 0.15) is 5.00 Å². The van der Waals surface area contributed by atoms with Crippen LogP contribution in [0.5, 0.6) is 0 Å². The highest BCUT2D eigenvalue weighted by molar-refractivity contribution is 7.16. The molecule has 0 radical (unpaired) electrons. The summed E-state index contributed by atoms with van der Waals surface area (Å²) in [6.07, 6.45) is 9.53. The lowest BCUT2D eigenvalue weighted by molar-refractivity contribution is -0.124. The third-order valence-electron chi connectivity index (χ3n) is 4.75. The number of carbonyl (C=O) groups excluding carboxylic acids is 1. The topological polar surface area (TPSA) is 83.0 Å². The number of nitriles is 1. The number of primary amides is 1. The van der Waals surface area contributed by atoms with Gasteiger partial charge in [-0.1, -0.05) is 42.2 Å². The van der Waals surface area contributed by atoms with E-state index in [1.807, 2.05) is 0 Å². The Hall–Kier alpha value is -1.32. The van der Waals surface area contributed by atoms with Gasteiger partial charge >= 0.3 is 0 Å². The molecule has 7 heteroatoms. The number of rotatable bonds is 4. The van der Waals surface area contributed by atoms with Gasteiger partial charge in [-0.15, -0.1) is 0 Å². The van der Waals surface area contributed by atoms with Gasteiger partial charge in [0.15, 0.2) is 11.3 Å². The molecule has 0 spiro atoms. The van der Waals surface area contributed by atoms with Crippen molar-refractivity contribution in [1.29, 1.82) is 5.26 Å². The molecule has 0 bridgehead atoms. The van der Waals surface area contributed by atoms with Crippen LogP contribution in [0.2, 0.25) is 5.15 Å². The van der Waals surface area contributed by atoms with E-state index in [4.69, 9.17) is 17.3 Å². The van der Waals surface area contributed by atoms with Crippen LogP contribution < -0.4 is 10.6 Å². The number of halogens is 1. The average Bonchev–Trinajstić information content (AvgIpc) is 2.84. The van der Waals surface area contributed by atoms with Gasteiger partial charge in [-0.25, -0.2) is 4.98 Å². The Morgan fingerprint density at radius 3 is 2.64 bits per heavy atom. The van der Waals surface area contributed by atoms with Gasteiger partial charge in [-0.05, 0) is 25.7 Å². The van der Waals surface area contributed by atoms with E-state index in [0.29, 0.717) is 23.9 Å². The van der Waals surface area contributed by atoms with Gasteiger partial charge < -0.3 is 5.73 Å². The lowest BCUT2D eigenvalue weighted by atomic mass is 9.79. The molecule has 0 unspecified atom stereocenters. The molecular formula is C15H19ClN4OS. The first-order valence-electron chi connectivity index (χ1n) is 7.74. The van der Waals surface area contributed by atoms with Crippen molar-refractivity contribution in [3.63, 3.8) is 0 Å². The summed E-state index contributed by atoms with van der Waals surface area (Å²) in [4.78, 5) is 17.3. The molecule has 3 rings (SSSR count). The van der Waals surface area contributed by atoms with Crippen LogP contribution in [-0.4, -0.2) is 16.9 Å². The number of amides is 1. The predicted octanol–water partition coefficient (Wildman–Crippen LogP) is 3.40. The van der Waals surface area contributed by atoms with Gasteiger partial charge in [0.2, 0.25) is 5.91 Å². The van der Waals surface area contributed by atoms with E-state index in [1.54, 1.807) is 4.90 Å². The number of hydrogen-bond acceptors (Lipinski definition) is 5. The molecule has 2 aliphatic carbocycles. The Balaban J connectivity index is 1.74. The Morgan fingerprint density at radius 2 is 2.05 bits per heavy atom. The number of nitrogens with two attached hydrogens (primary N) is 1. The van der Waals surface area contributed by atoms with E-state index < -0.39 is 0 Å². The highest BCUT2D eigenvalue weighted by Gasteiger charge is 2.39. The molecule has 22 heavy (non-hydrogen) atoms. The summed E-state index contributed by atoms with van der Waals surface area (Å²) in [6.45, 7) is 0. The van der Waals surface area contributed by atoms with Crippen molar-refractivity contribution in [2.24, 2.45) is 11.7 Å². The molecular weight excluding hydrogens is 320 g/mol. The summed E-state index contributed by atoms with van der Waals surface area (Å²) in [7, 11) is 0. The molecule has 1 amide bonds. The van der Waals surface area contributed by atoms with Gasteiger partial charge in [0.25, 0.3) is 0 Å². The van der Waals surface area contributed by atoms with Crippen LogP contribution in [-0.2, 0) is 4.79 Å². The van der Waals surface area contributed by atoms with Crippen LogP contribution >= 0.6 is 22.9 Å². The second-order valence-electron chi connectivity index (χ2n) is 6.18. The van der Waals surface area contributed by atoms with Crippen LogP contribution in [0.1, 0.15) is 55.9 Å². The fourth-order valence-corrected chi connectivity index (χ4v) is 4.81. The number of hydrogen-bond donors (Lipinski definition) is 1. The van der Waals surface area contributed by atoms with Crippen molar-refractivity contribution in [2.75, 3.05) is 4.90 Å². The molecule has 2 aliphatic rings. The molecule has 0 saturated heterocycles. The molecule has 1 aromatic heterocycles. The number of aromatic nitrogens is 1. The van der Waals surface area contributed by atoms with Crippen LogP contribution in [0.3, 0.4) is 0 Å². The van der Waals surface area contributed by atoms with E-state index in [0.717, 1.165) is 22.9 Å². The van der Waals surface area contributed by atoms with Gasteiger partial charge in [0, 0.05) is 17.9 Å². The van der Waals surface area contributed by atoms with E-state index in [2.05, 4.69) is 11.2 Å². The maximum absolute atomic E-state index is 11.1. The van der Waals surface area contributed by atoms with Crippen molar-refractivity contribution in [3.05, 3.63) is 10.2 Å². The summed E-state index contributed by atoms with van der Waals surface area (Å²) < 4.78 is 0. The minimum absolute atomic E-state index is 0.0136. The molecule has 2 saturated carbocycles. The molecule has 0 aromatic carbocycles. The first-order valence-corrected chi connectivity index (χ1v) is 8.94. The van der Waals surface area contributed by atoms with E-state index in [9.17, 15) is 10.1 Å². The molecule has 0 atom stereocenters. The summed E-state index contributed by atoms with van der Waals surface area (Å²) in [5.41, 5.74) is 5.30. The zero-order valence-electron chi connectivity index (χ0n) is 12.3. The SMILES string of the molecule is N#CN(c1sc(C2CCCCC2)nc1Cl)C1CC(C(N)=O)C1. The summed E-state index contributed by atoms with van der Waals surface area (Å²) in [5.74, 6) is 0.0723. The number of thiazole rings is 1. The third kappa shape index (κ3) is 2.92. The van der Waals surface area contributed by atoms with Crippen molar-refractivity contribution in [1.82, 2.24) is 4.98 Å². The second kappa shape index (κ2) is 6.43. The van der Waals surface area contributed by atoms with Crippen molar-refractivity contribution in [2.45, 2.75) is 56.9 Å². The maximum atomic E-state index is 11.1. The lowest BCUT2D eigenvalue weighted by Crippen LogP contribution is -2.46. The Kier molecular flexibility index (Phi) is 4.55. The van der Waals surface area contributed by atoms with E-state index in [1.165, 1.54) is 30.6 Å². The van der Waals surface area contributed by atoms with Crippen molar-refractivity contribution in [3.8, 4) is 6.19 Å². The summed E-state index contributed by atoms with van der Waals surface area (Å²) in [6, 6.07) is 0.0136.